The number of halogens is 1. The third-order valence-corrected chi connectivity index (χ3v) is 5.62. The summed E-state index contributed by atoms with van der Waals surface area (Å²) in [7, 11) is 0. The number of thiazole rings is 1. The largest absolute Gasteiger partial charge is 0.312 e. The molecule has 31 heavy (non-hydrogen) atoms. The van der Waals surface area contributed by atoms with Gasteiger partial charge in [-0.05, 0) is 35.7 Å². The number of nitrogens with one attached hydrogen (secondary N) is 1. The van der Waals surface area contributed by atoms with Gasteiger partial charge in [0.25, 0.3) is 5.91 Å². The minimum absolute atomic E-state index is 0.288. The Hall–Kier alpha value is -3.32. The normalized spacial score (nSPS) is 11.1. The third kappa shape index (κ3) is 5.06. The van der Waals surface area contributed by atoms with Gasteiger partial charge in [-0.2, -0.15) is 0 Å². The van der Waals surface area contributed by atoms with Crippen LogP contribution in [0, 0.1) is 11.7 Å². The van der Waals surface area contributed by atoms with Crippen LogP contribution in [0.2, 0.25) is 0 Å². The molecule has 7 heteroatoms. The van der Waals surface area contributed by atoms with Gasteiger partial charge in [0, 0.05) is 17.4 Å². The number of carbonyl (C=O) groups excluding carboxylic acids is 1. The van der Waals surface area contributed by atoms with Crippen LogP contribution in [0.4, 0.5) is 10.2 Å². The Morgan fingerprint density at radius 3 is 2.58 bits per heavy atom. The van der Waals surface area contributed by atoms with Crippen LogP contribution < -0.4 is 5.32 Å². The minimum atomic E-state index is -0.321. The van der Waals surface area contributed by atoms with Gasteiger partial charge in [0.2, 0.25) is 0 Å². The Morgan fingerprint density at radius 2 is 1.87 bits per heavy atom. The summed E-state index contributed by atoms with van der Waals surface area (Å²) in [5, 5.41) is 5.71. The number of nitrogens with zero attached hydrogens (tertiary/aromatic N) is 3. The molecule has 0 fully saturated rings. The molecule has 1 N–H and O–H groups in total. The number of aromatic nitrogens is 3. The predicted octanol–water partition coefficient (Wildman–Crippen LogP) is 5.64. The van der Waals surface area contributed by atoms with E-state index in [1.165, 1.54) is 23.5 Å². The van der Waals surface area contributed by atoms with Crippen molar-refractivity contribution in [3.05, 3.63) is 88.4 Å². The van der Waals surface area contributed by atoms with E-state index < -0.39 is 0 Å². The van der Waals surface area contributed by atoms with Gasteiger partial charge in [0.1, 0.15) is 23.0 Å². The van der Waals surface area contributed by atoms with E-state index in [0.717, 1.165) is 22.6 Å². The van der Waals surface area contributed by atoms with E-state index in [9.17, 15) is 9.18 Å². The lowest BCUT2D eigenvalue weighted by Crippen LogP contribution is -2.16. The number of hydrogen-bond acceptors (Lipinski definition) is 4. The van der Waals surface area contributed by atoms with Gasteiger partial charge in [-0.15, -0.1) is 11.3 Å². The van der Waals surface area contributed by atoms with Crippen molar-refractivity contribution in [2.24, 2.45) is 5.92 Å². The summed E-state index contributed by atoms with van der Waals surface area (Å²) in [5.74, 6) is 0.418. The number of imidazole rings is 1. The number of anilines is 1. The van der Waals surface area contributed by atoms with Gasteiger partial charge in [-0.25, -0.2) is 14.4 Å². The molecule has 2 aromatic carbocycles. The van der Waals surface area contributed by atoms with Gasteiger partial charge in [0.15, 0.2) is 0 Å². The molecule has 5 nitrogen and oxygen atoms in total. The standard InChI is InChI=1S/C24H23FN4OS/c1-16(2)12-21-27-20(14-31-21)24(30)28-23-22(18-8-10-19(25)11-9-18)26-15-29(23)13-17-6-4-3-5-7-17/h3-11,14-16H,12-13H2,1-2H3,(H,28,30). The zero-order valence-electron chi connectivity index (χ0n) is 17.4. The average Bonchev–Trinajstić information content (AvgIpc) is 3.37. The Morgan fingerprint density at radius 1 is 1.13 bits per heavy atom. The molecule has 0 unspecified atom stereocenters. The Kier molecular flexibility index (Phi) is 6.23. The van der Waals surface area contributed by atoms with Crippen molar-refractivity contribution in [1.82, 2.24) is 14.5 Å². The zero-order chi connectivity index (χ0) is 21.8. The lowest BCUT2D eigenvalue weighted by molar-refractivity contribution is 0.102. The molecule has 0 radical (unpaired) electrons. The van der Waals surface area contributed by atoms with Crippen molar-refractivity contribution in [3.8, 4) is 11.3 Å². The van der Waals surface area contributed by atoms with Gasteiger partial charge in [-0.1, -0.05) is 44.2 Å². The van der Waals surface area contributed by atoms with Crippen molar-refractivity contribution >= 4 is 23.1 Å². The van der Waals surface area contributed by atoms with E-state index >= 15 is 0 Å². The quantitative estimate of drug-likeness (QED) is 0.409. The first-order chi connectivity index (χ1) is 15.0. The second-order valence-corrected chi connectivity index (χ2v) is 8.68. The predicted molar refractivity (Wildman–Crippen MR) is 122 cm³/mol. The van der Waals surface area contributed by atoms with Crippen LogP contribution in [0.5, 0.6) is 0 Å². The summed E-state index contributed by atoms with van der Waals surface area (Å²) in [6, 6.07) is 16.0. The summed E-state index contributed by atoms with van der Waals surface area (Å²) in [5.41, 5.74) is 2.77. The summed E-state index contributed by atoms with van der Waals surface area (Å²) >= 11 is 1.49. The van der Waals surface area contributed by atoms with E-state index in [2.05, 4.69) is 29.1 Å². The number of amides is 1. The van der Waals surface area contributed by atoms with E-state index in [-0.39, 0.29) is 11.7 Å². The van der Waals surface area contributed by atoms with E-state index in [1.54, 1.807) is 23.8 Å². The Labute approximate surface area is 184 Å². The Balaban J connectivity index is 1.66. The van der Waals surface area contributed by atoms with Crippen LogP contribution in [-0.2, 0) is 13.0 Å². The second kappa shape index (κ2) is 9.22. The van der Waals surface area contributed by atoms with Crippen molar-refractivity contribution in [1.29, 1.82) is 0 Å². The molecule has 0 aliphatic carbocycles. The van der Waals surface area contributed by atoms with E-state index in [4.69, 9.17) is 0 Å². The number of carbonyl (C=O) groups is 1. The highest BCUT2D eigenvalue weighted by Gasteiger charge is 2.19. The smallest absolute Gasteiger partial charge is 0.276 e. The van der Waals surface area contributed by atoms with Gasteiger partial charge in [0.05, 0.1) is 17.9 Å². The van der Waals surface area contributed by atoms with E-state index in [0.29, 0.717) is 29.7 Å². The van der Waals surface area contributed by atoms with Crippen LogP contribution in [0.3, 0.4) is 0 Å². The van der Waals surface area contributed by atoms with Crippen molar-refractivity contribution in [2.45, 2.75) is 26.8 Å². The summed E-state index contributed by atoms with van der Waals surface area (Å²) in [4.78, 5) is 22.0. The molecular formula is C24H23FN4OS. The topological polar surface area (TPSA) is 59.8 Å². The second-order valence-electron chi connectivity index (χ2n) is 7.74. The molecule has 4 rings (SSSR count). The minimum Gasteiger partial charge on any atom is -0.312 e. The molecule has 0 saturated carbocycles. The highest BCUT2D eigenvalue weighted by atomic mass is 32.1. The molecule has 0 spiro atoms. The van der Waals surface area contributed by atoms with Gasteiger partial charge < -0.3 is 9.88 Å². The van der Waals surface area contributed by atoms with Crippen molar-refractivity contribution in [2.75, 3.05) is 5.32 Å². The molecule has 0 aliphatic rings. The van der Waals surface area contributed by atoms with Crippen LogP contribution in [0.15, 0.2) is 66.3 Å². The summed E-state index contributed by atoms with van der Waals surface area (Å²) < 4.78 is 15.3. The number of rotatable bonds is 7. The van der Waals surface area contributed by atoms with Crippen LogP contribution in [0.25, 0.3) is 11.3 Å². The molecule has 4 aromatic rings. The first-order valence-electron chi connectivity index (χ1n) is 10.1. The lowest BCUT2D eigenvalue weighted by Gasteiger charge is -2.11. The van der Waals surface area contributed by atoms with Crippen LogP contribution in [-0.4, -0.2) is 20.4 Å². The average molecular weight is 435 g/mol. The summed E-state index contributed by atoms with van der Waals surface area (Å²) in [6.07, 6.45) is 2.53. The number of benzene rings is 2. The van der Waals surface area contributed by atoms with Gasteiger partial charge >= 0.3 is 0 Å². The molecular weight excluding hydrogens is 411 g/mol. The molecule has 2 heterocycles. The van der Waals surface area contributed by atoms with Crippen LogP contribution in [0.1, 0.15) is 34.9 Å². The molecule has 0 bridgehead atoms. The maximum atomic E-state index is 13.4. The number of hydrogen-bond donors (Lipinski definition) is 1. The Bertz CT molecular complexity index is 1170. The monoisotopic (exact) mass is 434 g/mol. The van der Waals surface area contributed by atoms with Crippen molar-refractivity contribution in [3.63, 3.8) is 0 Å². The fraction of sp³-hybridized carbons (Fsp3) is 0.208. The fourth-order valence-electron chi connectivity index (χ4n) is 3.26. The highest BCUT2D eigenvalue weighted by molar-refractivity contribution is 7.09. The third-order valence-electron chi connectivity index (χ3n) is 4.75. The van der Waals surface area contributed by atoms with Gasteiger partial charge in [-0.3, -0.25) is 4.79 Å². The zero-order valence-corrected chi connectivity index (χ0v) is 18.2. The van der Waals surface area contributed by atoms with Crippen molar-refractivity contribution < 1.29 is 9.18 Å². The molecule has 1 amide bonds. The first-order valence-corrected chi connectivity index (χ1v) is 11.0. The maximum absolute atomic E-state index is 13.4. The summed E-state index contributed by atoms with van der Waals surface area (Å²) in [6.45, 7) is 4.79. The SMILES string of the molecule is CC(C)Cc1nc(C(=O)Nc2c(-c3ccc(F)cc3)ncn2Cc2ccccc2)cs1. The van der Waals surface area contributed by atoms with Crippen LogP contribution >= 0.6 is 11.3 Å². The molecule has 158 valence electrons. The molecule has 2 aromatic heterocycles. The molecule has 0 saturated heterocycles. The molecule has 0 atom stereocenters. The fourth-order valence-corrected chi connectivity index (χ4v) is 4.25. The first kappa shape index (κ1) is 20.9. The maximum Gasteiger partial charge on any atom is 0.276 e. The van der Waals surface area contributed by atoms with E-state index in [1.807, 2.05) is 34.9 Å². The highest BCUT2D eigenvalue weighted by Crippen LogP contribution is 2.28. The lowest BCUT2D eigenvalue weighted by atomic mass is 10.1. The molecule has 0 aliphatic heterocycles.